The van der Waals surface area contributed by atoms with E-state index in [9.17, 15) is 14.4 Å². The lowest BCUT2D eigenvalue weighted by atomic mass is 10.0. The van der Waals surface area contributed by atoms with Crippen LogP contribution < -0.4 is 10.1 Å². The summed E-state index contributed by atoms with van der Waals surface area (Å²) < 4.78 is 14.5. The fraction of sp³-hybridized carbons (Fsp3) is 0.167. The monoisotopic (exact) mass is 343 g/mol. The molecule has 2 aromatic carbocycles. The van der Waals surface area contributed by atoms with Crippen LogP contribution in [0.2, 0.25) is 0 Å². The van der Waals surface area contributed by atoms with Crippen molar-refractivity contribution in [3.8, 4) is 5.75 Å². The van der Waals surface area contributed by atoms with E-state index >= 15 is 0 Å². The van der Waals surface area contributed by atoms with Crippen molar-refractivity contribution in [2.24, 2.45) is 0 Å². The fourth-order valence-corrected chi connectivity index (χ4v) is 2.17. The van der Waals surface area contributed by atoms with Crippen LogP contribution in [0.25, 0.3) is 0 Å². The first-order valence-corrected chi connectivity index (χ1v) is 7.31. The van der Waals surface area contributed by atoms with Crippen molar-refractivity contribution in [2.75, 3.05) is 19.5 Å². The van der Waals surface area contributed by atoms with Gasteiger partial charge < -0.3 is 14.2 Å². The van der Waals surface area contributed by atoms with Gasteiger partial charge >= 0.3 is 18.0 Å². The number of hydrogen-bond donors (Lipinski definition) is 1. The van der Waals surface area contributed by atoms with Crippen LogP contribution in [0, 0.1) is 6.92 Å². The van der Waals surface area contributed by atoms with Crippen LogP contribution >= 0.6 is 0 Å². The van der Waals surface area contributed by atoms with Crippen molar-refractivity contribution < 1.29 is 28.6 Å². The Balaban J connectivity index is 2.31. The van der Waals surface area contributed by atoms with E-state index in [0.29, 0.717) is 11.3 Å². The van der Waals surface area contributed by atoms with Gasteiger partial charge in [-0.1, -0.05) is 18.2 Å². The summed E-state index contributed by atoms with van der Waals surface area (Å²) in [7, 11) is 2.45. The number of hydrogen-bond acceptors (Lipinski definition) is 6. The van der Waals surface area contributed by atoms with Gasteiger partial charge in [-0.2, -0.15) is 0 Å². The third-order valence-electron chi connectivity index (χ3n) is 3.42. The minimum Gasteiger partial charge on any atom is -0.465 e. The second kappa shape index (κ2) is 7.96. The molecule has 0 heterocycles. The molecule has 0 bridgehead atoms. The highest BCUT2D eigenvalue weighted by Gasteiger charge is 2.20. The Morgan fingerprint density at radius 1 is 0.880 bits per heavy atom. The van der Waals surface area contributed by atoms with Gasteiger partial charge in [-0.3, -0.25) is 5.32 Å². The van der Waals surface area contributed by atoms with E-state index in [1.807, 2.05) is 0 Å². The van der Waals surface area contributed by atoms with Crippen LogP contribution in [0.1, 0.15) is 26.3 Å². The predicted octanol–water partition coefficient (Wildman–Crippen LogP) is 3.18. The lowest BCUT2D eigenvalue weighted by Crippen LogP contribution is -2.18. The number of ether oxygens (including phenoxy) is 3. The average molecular weight is 343 g/mol. The third-order valence-corrected chi connectivity index (χ3v) is 3.42. The molecule has 0 spiro atoms. The molecule has 0 fully saturated rings. The molecule has 0 aliphatic heterocycles. The molecule has 0 aliphatic carbocycles. The number of carbonyl (C=O) groups excluding carboxylic acids is 3. The number of benzene rings is 2. The SMILES string of the molecule is COC(=O)c1cc(NC(=O)Oc2ccccc2)cc(C(=O)OC)c1C. The first kappa shape index (κ1) is 18.0. The summed E-state index contributed by atoms with van der Waals surface area (Å²) in [4.78, 5) is 35.8. The van der Waals surface area contributed by atoms with Gasteiger partial charge in [-0.15, -0.1) is 0 Å². The van der Waals surface area contributed by atoms with Crippen LogP contribution in [0.15, 0.2) is 42.5 Å². The van der Waals surface area contributed by atoms with Gasteiger partial charge in [0.05, 0.1) is 25.3 Å². The number of carbonyl (C=O) groups is 3. The highest BCUT2D eigenvalue weighted by molar-refractivity contribution is 6.01. The van der Waals surface area contributed by atoms with E-state index in [-0.39, 0.29) is 16.8 Å². The molecular weight excluding hydrogens is 326 g/mol. The molecule has 1 amide bonds. The number of methoxy groups -OCH3 is 2. The van der Waals surface area contributed by atoms with Gasteiger partial charge in [0.2, 0.25) is 0 Å². The lowest BCUT2D eigenvalue weighted by molar-refractivity contribution is 0.0597. The first-order chi connectivity index (χ1) is 12.0. The molecule has 0 aromatic heterocycles. The summed E-state index contributed by atoms with van der Waals surface area (Å²) >= 11 is 0. The largest absolute Gasteiger partial charge is 0.465 e. The minimum absolute atomic E-state index is 0.139. The van der Waals surface area contributed by atoms with E-state index < -0.39 is 18.0 Å². The van der Waals surface area contributed by atoms with E-state index in [4.69, 9.17) is 14.2 Å². The zero-order valence-electron chi connectivity index (χ0n) is 14.0. The first-order valence-electron chi connectivity index (χ1n) is 7.31. The number of anilines is 1. The van der Waals surface area contributed by atoms with Gasteiger partial charge in [0.25, 0.3) is 0 Å². The lowest BCUT2D eigenvalue weighted by Gasteiger charge is -2.13. The van der Waals surface area contributed by atoms with Gasteiger partial charge in [-0.25, -0.2) is 14.4 Å². The maximum atomic E-state index is 12.0. The highest BCUT2D eigenvalue weighted by atomic mass is 16.6. The van der Waals surface area contributed by atoms with Crippen molar-refractivity contribution in [3.05, 3.63) is 59.2 Å². The second-order valence-electron chi connectivity index (χ2n) is 5.01. The topological polar surface area (TPSA) is 90.9 Å². The highest BCUT2D eigenvalue weighted by Crippen LogP contribution is 2.23. The normalized spacial score (nSPS) is 9.88. The predicted molar refractivity (Wildman–Crippen MR) is 89.9 cm³/mol. The molecule has 0 aliphatic rings. The second-order valence-corrected chi connectivity index (χ2v) is 5.01. The molecule has 7 nitrogen and oxygen atoms in total. The maximum absolute atomic E-state index is 12.0. The smallest absolute Gasteiger partial charge is 0.417 e. The molecule has 1 N–H and O–H groups in total. The average Bonchev–Trinajstić information content (AvgIpc) is 2.62. The molecule has 0 atom stereocenters. The van der Waals surface area contributed by atoms with Crippen molar-refractivity contribution in [1.29, 1.82) is 0 Å². The van der Waals surface area contributed by atoms with E-state index in [1.54, 1.807) is 37.3 Å². The molecule has 0 saturated heterocycles. The quantitative estimate of drug-likeness (QED) is 0.858. The summed E-state index contributed by atoms with van der Waals surface area (Å²) in [6.07, 6.45) is -0.762. The van der Waals surface area contributed by atoms with Crippen molar-refractivity contribution >= 4 is 23.7 Å². The molecular formula is C18H17NO6. The summed E-state index contributed by atoms with van der Waals surface area (Å²) in [6, 6.07) is 11.3. The van der Waals surface area contributed by atoms with Gasteiger partial charge in [0, 0.05) is 5.69 Å². The fourth-order valence-electron chi connectivity index (χ4n) is 2.17. The van der Waals surface area contributed by atoms with Gasteiger partial charge in [0.1, 0.15) is 5.75 Å². The Morgan fingerprint density at radius 3 is 1.88 bits per heavy atom. The number of rotatable bonds is 4. The molecule has 2 aromatic rings. The van der Waals surface area contributed by atoms with Crippen LogP contribution in [0.5, 0.6) is 5.75 Å². The van der Waals surface area contributed by atoms with Crippen molar-refractivity contribution in [1.82, 2.24) is 0 Å². The standard InChI is InChI=1S/C18H17NO6/c1-11-14(16(20)23-2)9-12(10-15(11)17(21)24-3)19-18(22)25-13-7-5-4-6-8-13/h4-10H,1-3H3,(H,19,22). The Bertz CT molecular complexity index is 763. The Hall–Kier alpha value is -3.35. The van der Waals surface area contributed by atoms with Crippen LogP contribution in [0.4, 0.5) is 10.5 Å². The van der Waals surface area contributed by atoms with Crippen LogP contribution in [0.3, 0.4) is 0 Å². The van der Waals surface area contributed by atoms with Crippen LogP contribution in [-0.4, -0.2) is 32.3 Å². The number of nitrogens with one attached hydrogen (secondary N) is 1. The van der Waals surface area contributed by atoms with E-state index in [0.717, 1.165) is 0 Å². The van der Waals surface area contributed by atoms with E-state index in [1.165, 1.54) is 26.4 Å². The third kappa shape index (κ3) is 4.35. The molecule has 0 saturated carbocycles. The summed E-state index contributed by atoms with van der Waals surface area (Å²) in [5.41, 5.74) is 0.869. The Morgan fingerprint density at radius 2 is 1.40 bits per heavy atom. The van der Waals surface area contributed by atoms with Gasteiger partial charge in [-0.05, 0) is 36.8 Å². The number of para-hydroxylation sites is 1. The Kier molecular flexibility index (Phi) is 5.73. The summed E-state index contributed by atoms with van der Waals surface area (Å²) in [5, 5.41) is 2.48. The molecule has 0 radical (unpaired) electrons. The van der Waals surface area contributed by atoms with Crippen molar-refractivity contribution in [2.45, 2.75) is 6.92 Å². The minimum atomic E-state index is -0.762. The number of esters is 2. The summed E-state index contributed by atoms with van der Waals surface area (Å²) in [6.45, 7) is 1.59. The molecule has 0 unspecified atom stereocenters. The Labute approximate surface area is 144 Å². The molecule has 7 heteroatoms. The zero-order valence-corrected chi connectivity index (χ0v) is 14.0. The molecule has 25 heavy (non-hydrogen) atoms. The zero-order chi connectivity index (χ0) is 18.4. The molecule has 130 valence electrons. The van der Waals surface area contributed by atoms with Gasteiger partial charge in [0.15, 0.2) is 0 Å². The molecule has 2 rings (SSSR count). The van der Waals surface area contributed by atoms with Crippen molar-refractivity contribution in [3.63, 3.8) is 0 Å². The summed E-state index contributed by atoms with van der Waals surface area (Å²) in [5.74, 6) is -0.918. The number of amides is 1. The van der Waals surface area contributed by atoms with E-state index in [2.05, 4.69) is 5.32 Å². The maximum Gasteiger partial charge on any atom is 0.417 e. The van der Waals surface area contributed by atoms with Crippen LogP contribution in [-0.2, 0) is 9.47 Å².